The number of aromatic nitrogens is 1. The fraction of sp³-hybridized carbons (Fsp3) is 0.625. The van der Waals surface area contributed by atoms with Gasteiger partial charge < -0.3 is 15.0 Å². The Kier molecular flexibility index (Phi) is 4.83. The van der Waals surface area contributed by atoms with Crippen LogP contribution in [0, 0.1) is 0 Å². The molecule has 0 bridgehead atoms. The van der Waals surface area contributed by atoms with Gasteiger partial charge in [0, 0.05) is 30.9 Å². The van der Waals surface area contributed by atoms with Gasteiger partial charge in [0.2, 0.25) is 0 Å². The van der Waals surface area contributed by atoms with Gasteiger partial charge in [0.15, 0.2) is 5.69 Å². The van der Waals surface area contributed by atoms with Gasteiger partial charge in [-0.05, 0) is 45.7 Å². The summed E-state index contributed by atoms with van der Waals surface area (Å²) in [6, 6.07) is 4.07. The van der Waals surface area contributed by atoms with Crippen LogP contribution in [0.2, 0.25) is 0 Å². The predicted octanol–water partition coefficient (Wildman–Crippen LogP) is 2.08. The van der Waals surface area contributed by atoms with E-state index < -0.39 is 0 Å². The van der Waals surface area contributed by atoms with Gasteiger partial charge in [-0.2, -0.15) is 0 Å². The van der Waals surface area contributed by atoms with Gasteiger partial charge in [0.25, 0.3) is 5.91 Å². The number of likely N-dealkylation sites (tertiary alicyclic amines) is 1. The molecule has 0 saturated carbocycles. The summed E-state index contributed by atoms with van der Waals surface area (Å²) in [5.41, 5.74) is 0.179. The Morgan fingerprint density at radius 3 is 2.67 bits per heavy atom. The number of amides is 1. The minimum atomic E-state index is -0.176. The lowest BCUT2D eigenvalue weighted by Gasteiger charge is -2.41. The number of hydrogen-bond acceptors (Lipinski definition) is 4. The fourth-order valence-electron chi connectivity index (χ4n) is 2.72. The lowest BCUT2D eigenvalue weighted by atomic mass is 9.89. The molecule has 21 heavy (non-hydrogen) atoms. The highest BCUT2D eigenvalue weighted by molar-refractivity contribution is 5.95. The summed E-state index contributed by atoms with van der Waals surface area (Å²) in [4.78, 5) is 19.0. The first-order valence-electron chi connectivity index (χ1n) is 7.51. The van der Waals surface area contributed by atoms with E-state index in [1.807, 2.05) is 0 Å². The van der Waals surface area contributed by atoms with Crippen LogP contribution in [0.3, 0.4) is 0 Å². The van der Waals surface area contributed by atoms with Gasteiger partial charge in [-0.25, -0.2) is 4.98 Å². The molecule has 1 saturated heterocycles. The normalized spacial score (nSPS) is 18.5. The molecular formula is C16H25N3O2. The Balaban J connectivity index is 2.03. The van der Waals surface area contributed by atoms with E-state index in [0.29, 0.717) is 17.5 Å². The van der Waals surface area contributed by atoms with E-state index in [0.717, 1.165) is 25.9 Å². The third kappa shape index (κ3) is 3.73. The first kappa shape index (κ1) is 15.8. The summed E-state index contributed by atoms with van der Waals surface area (Å²) >= 11 is 0. The Morgan fingerprint density at radius 2 is 2.10 bits per heavy atom. The maximum atomic E-state index is 12.4. The SMILES string of the molecule is COc1cccnc1C(=O)NC1(C)CCN(C(C)C)CC1. The zero-order chi connectivity index (χ0) is 15.5. The van der Waals surface area contributed by atoms with Crippen LogP contribution in [0.4, 0.5) is 0 Å². The Labute approximate surface area is 126 Å². The van der Waals surface area contributed by atoms with Crippen molar-refractivity contribution < 1.29 is 9.53 Å². The van der Waals surface area contributed by atoms with Crippen LogP contribution in [-0.4, -0.2) is 47.6 Å². The van der Waals surface area contributed by atoms with Crippen LogP contribution in [0.25, 0.3) is 0 Å². The average molecular weight is 291 g/mol. The Hall–Kier alpha value is -1.62. The second kappa shape index (κ2) is 6.43. The molecule has 1 fully saturated rings. The van der Waals surface area contributed by atoms with E-state index in [1.54, 1.807) is 25.4 Å². The van der Waals surface area contributed by atoms with Gasteiger partial charge in [0.05, 0.1) is 7.11 Å². The van der Waals surface area contributed by atoms with Gasteiger partial charge >= 0.3 is 0 Å². The highest BCUT2D eigenvalue weighted by atomic mass is 16.5. The van der Waals surface area contributed by atoms with E-state index >= 15 is 0 Å². The number of methoxy groups -OCH3 is 1. The Morgan fingerprint density at radius 1 is 1.43 bits per heavy atom. The Bertz CT molecular complexity index is 494. The van der Waals surface area contributed by atoms with Crippen molar-refractivity contribution in [2.75, 3.05) is 20.2 Å². The molecule has 0 unspecified atom stereocenters. The quantitative estimate of drug-likeness (QED) is 0.923. The lowest BCUT2D eigenvalue weighted by molar-refractivity contribution is 0.0794. The van der Waals surface area contributed by atoms with Crippen molar-refractivity contribution in [2.24, 2.45) is 0 Å². The number of ether oxygens (including phenoxy) is 1. The molecule has 1 aromatic heterocycles. The van der Waals surface area contributed by atoms with Crippen LogP contribution in [0.15, 0.2) is 18.3 Å². The van der Waals surface area contributed by atoms with Crippen molar-refractivity contribution in [1.82, 2.24) is 15.2 Å². The first-order valence-corrected chi connectivity index (χ1v) is 7.51. The highest BCUT2D eigenvalue weighted by Gasteiger charge is 2.33. The van der Waals surface area contributed by atoms with Gasteiger partial charge in [-0.15, -0.1) is 0 Å². The van der Waals surface area contributed by atoms with Crippen molar-refractivity contribution in [3.05, 3.63) is 24.0 Å². The molecule has 0 spiro atoms. The monoisotopic (exact) mass is 291 g/mol. The van der Waals surface area contributed by atoms with Crippen LogP contribution < -0.4 is 10.1 Å². The highest BCUT2D eigenvalue weighted by Crippen LogP contribution is 2.24. The average Bonchev–Trinajstić information content (AvgIpc) is 2.47. The second-order valence-electron chi connectivity index (χ2n) is 6.20. The third-order valence-electron chi connectivity index (χ3n) is 4.25. The summed E-state index contributed by atoms with van der Waals surface area (Å²) in [6.07, 6.45) is 3.51. The van der Waals surface area contributed by atoms with E-state index in [4.69, 9.17) is 4.74 Å². The van der Waals surface area contributed by atoms with Crippen LogP contribution in [0.5, 0.6) is 5.75 Å². The summed E-state index contributed by atoms with van der Waals surface area (Å²) in [6.45, 7) is 8.54. The minimum Gasteiger partial charge on any atom is -0.494 e. The standard InChI is InChI=1S/C16H25N3O2/c1-12(2)19-10-7-16(3,8-11-19)18-15(20)14-13(21-4)6-5-9-17-14/h5-6,9,12H,7-8,10-11H2,1-4H3,(H,18,20). The lowest BCUT2D eigenvalue weighted by Crippen LogP contribution is -2.54. The van der Waals surface area contributed by atoms with Crippen molar-refractivity contribution in [3.8, 4) is 5.75 Å². The van der Waals surface area contributed by atoms with Crippen LogP contribution >= 0.6 is 0 Å². The maximum Gasteiger partial charge on any atom is 0.274 e. The second-order valence-corrected chi connectivity index (χ2v) is 6.20. The molecule has 2 heterocycles. The van der Waals surface area contributed by atoms with E-state index in [-0.39, 0.29) is 11.4 Å². The number of nitrogens with zero attached hydrogens (tertiary/aromatic N) is 2. The van der Waals surface area contributed by atoms with Crippen molar-refractivity contribution in [1.29, 1.82) is 0 Å². The molecule has 1 N–H and O–H groups in total. The molecule has 2 rings (SSSR count). The van der Waals surface area contributed by atoms with Gasteiger partial charge in [-0.1, -0.05) is 0 Å². The zero-order valence-corrected chi connectivity index (χ0v) is 13.3. The van der Waals surface area contributed by atoms with Crippen molar-refractivity contribution >= 4 is 5.91 Å². The number of carbonyl (C=O) groups excluding carboxylic acids is 1. The number of hydrogen-bond donors (Lipinski definition) is 1. The number of nitrogens with one attached hydrogen (secondary N) is 1. The first-order chi connectivity index (χ1) is 9.95. The summed E-state index contributed by atoms with van der Waals surface area (Å²) in [5, 5.41) is 3.14. The summed E-state index contributed by atoms with van der Waals surface area (Å²) in [7, 11) is 1.55. The predicted molar refractivity (Wildman–Crippen MR) is 82.6 cm³/mol. The molecule has 5 nitrogen and oxygen atoms in total. The molecule has 0 radical (unpaired) electrons. The van der Waals surface area contributed by atoms with Crippen LogP contribution in [0.1, 0.15) is 44.1 Å². The maximum absolute atomic E-state index is 12.4. The molecule has 1 aliphatic heterocycles. The fourth-order valence-corrected chi connectivity index (χ4v) is 2.72. The van der Waals surface area contributed by atoms with E-state index in [2.05, 4.69) is 36.0 Å². The largest absolute Gasteiger partial charge is 0.494 e. The number of rotatable bonds is 4. The number of carbonyl (C=O) groups is 1. The topological polar surface area (TPSA) is 54.5 Å². The molecule has 1 aromatic rings. The molecule has 116 valence electrons. The van der Waals surface area contributed by atoms with Gasteiger partial charge in [0.1, 0.15) is 5.75 Å². The summed E-state index contributed by atoms with van der Waals surface area (Å²) in [5.74, 6) is 0.353. The molecule has 1 amide bonds. The molecule has 0 atom stereocenters. The summed E-state index contributed by atoms with van der Waals surface area (Å²) < 4.78 is 5.21. The van der Waals surface area contributed by atoms with Gasteiger partial charge in [-0.3, -0.25) is 4.79 Å². The van der Waals surface area contributed by atoms with Crippen molar-refractivity contribution in [3.63, 3.8) is 0 Å². The smallest absolute Gasteiger partial charge is 0.274 e. The number of piperidine rings is 1. The zero-order valence-electron chi connectivity index (χ0n) is 13.3. The molecule has 1 aliphatic rings. The number of pyridine rings is 1. The molecule has 5 heteroatoms. The molecular weight excluding hydrogens is 266 g/mol. The van der Waals surface area contributed by atoms with Crippen LogP contribution in [-0.2, 0) is 0 Å². The van der Waals surface area contributed by atoms with E-state index in [9.17, 15) is 4.79 Å². The molecule has 0 aliphatic carbocycles. The minimum absolute atomic E-state index is 0.159. The third-order valence-corrected chi connectivity index (χ3v) is 4.25. The molecule has 0 aromatic carbocycles. The van der Waals surface area contributed by atoms with Crippen molar-refractivity contribution in [2.45, 2.75) is 45.2 Å². The van der Waals surface area contributed by atoms with E-state index in [1.165, 1.54) is 0 Å².